The molecule has 0 aromatic rings. The van der Waals surface area contributed by atoms with Gasteiger partial charge in [0.1, 0.15) is 0 Å². The van der Waals surface area contributed by atoms with Crippen molar-refractivity contribution < 1.29 is 27.5 Å². The van der Waals surface area contributed by atoms with Crippen LogP contribution in [0.2, 0.25) is 12.1 Å². The molecule has 0 saturated heterocycles. The van der Waals surface area contributed by atoms with Gasteiger partial charge in [0.25, 0.3) is 0 Å². The Labute approximate surface area is 153 Å². The van der Waals surface area contributed by atoms with Crippen LogP contribution in [0.5, 0.6) is 0 Å². The molecule has 0 bridgehead atoms. The van der Waals surface area contributed by atoms with Gasteiger partial charge >= 0.3 is 106 Å². The Morgan fingerprint density at radius 1 is 1.09 bits per heavy atom. The second-order valence-electron chi connectivity index (χ2n) is 6.15. The van der Waals surface area contributed by atoms with Crippen molar-refractivity contribution in [2.45, 2.75) is 58.5 Å². The molecule has 0 aliphatic heterocycles. The van der Waals surface area contributed by atoms with Gasteiger partial charge in [-0.15, -0.1) is 0 Å². The zero-order chi connectivity index (χ0) is 17.5. The van der Waals surface area contributed by atoms with Gasteiger partial charge in [-0.3, -0.25) is 0 Å². The summed E-state index contributed by atoms with van der Waals surface area (Å²) in [7, 11) is 10.5. The molecule has 6 heteroatoms. The van der Waals surface area contributed by atoms with Crippen LogP contribution >= 0.6 is 17.0 Å². The monoisotopic (exact) mass is 452 g/mol. The van der Waals surface area contributed by atoms with Crippen molar-refractivity contribution >= 4 is 25.6 Å². The molecule has 0 aromatic carbocycles. The zero-order valence-corrected chi connectivity index (χ0v) is 19.2. The summed E-state index contributed by atoms with van der Waals surface area (Å²) in [6.45, 7) is 6.06. The third kappa shape index (κ3) is 6.76. The van der Waals surface area contributed by atoms with Gasteiger partial charge in [0, 0.05) is 0 Å². The van der Waals surface area contributed by atoms with Gasteiger partial charge in [-0.25, -0.2) is 0 Å². The van der Waals surface area contributed by atoms with Crippen molar-refractivity contribution in [1.82, 2.24) is 0 Å². The molecule has 130 valence electrons. The summed E-state index contributed by atoms with van der Waals surface area (Å²) in [6, 6.07) is 1.25. The van der Waals surface area contributed by atoms with Crippen LogP contribution in [-0.2, 0) is 17.9 Å². The fourth-order valence-corrected chi connectivity index (χ4v) is 13.9. The third-order valence-corrected chi connectivity index (χ3v) is 18.4. The molecule has 2 N–H and O–H groups in total. The van der Waals surface area contributed by atoms with Gasteiger partial charge in [0.05, 0.1) is 0 Å². The molecule has 0 fully saturated rings. The van der Waals surface area contributed by atoms with Crippen molar-refractivity contribution in [3.05, 3.63) is 42.5 Å². The van der Waals surface area contributed by atoms with Gasteiger partial charge in [0.2, 0.25) is 0 Å². The van der Waals surface area contributed by atoms with E-state index in [1.807, 2.05) is 13.8 Å². The SMILES string of the molecule is CC1=[C]([Zr]([Cl])([Cl])[C]2=CC=CC2)CC=C1.CCC[Si](O)(O)CCC. The smallest absolute Gasteiger partial charge is 0.332 e. The molecule has 2 nitrogen and oxygen atoms in total. The molecule has 23 heavy (non-hydrogen) atoms. The molecule has 0 unspecified atom stereocenters. The molecule has 2 rings (SSSR count). The molecule has 0 heterocycles. The number of halogens is 2. The predicted octanol–water partition coefficient (Wildman–Crippen LogP) is 5.76. The molecule has 2 aliphatic carbocycles. The van der Waals surface area contributed by atoms with E-state index >= 15 is 0 Å². The Balaban J connectivity index is 0.000000257. The number of rotatable bonds is 6. The van der Waals surface area contributed by atoms with E-state index in [-0.39, 0.29) is 0 Å². The van der Waals surface area contributed by atoms with Crippen molar-refractivity contribution in [2.24, 2.45) is 0 Å². The summed E-state index contributed by atoms with van der Waals surface area (Å²) < 4.78 is 2.62. The summed E-state index contributed by atoms with van der Waals surface area (Å²) in [5.41, 5.74) is 1.29. The Morgan fingerprint density at radius 2 is 1.70 bits per heavy atom. The quantitative estimate of drug-likeness (QED) is 0.501. The van der Waals surface area contributed by atoms with Crippen LogP contribution in [-0.4, -0.2) is 18.2 Å². The zero-order valence-electron chi connectivity index (χ0n) is 14.3. The first-order chi connectivity index (χ1) is 10.7. The fraction of sp³-hybridized carbons (Fsp3) is 0.529. The minimum Gasteiger partial charge on any atom is -0.411 e. The van der Waals surface area contributed by atoms with E-state index in [0.717, 1.165) is 25.7 Å². The molecule has 0 atom stereocenters. The van der Waals surface area contributed by atoms with E-state index in [0.29, 0.717) is 12.1 Å². The first kappa shape index (κ1) is 21.6. The van der Waals surface area contributed by atoms with Gasteiger partial charge in [0.15, 0.2) is 0 Å². The Bertz CT molecular complexity index is 515. The number of hydrogen-bond acceptors (Lipinski definition) is 2. The number of allylic oxidation sites excluding steroid dienone is 8. The van der Waals surface area contributed by atoms with Gasteiger partial charge < -0.3 is 9.59 Å². The first-order valence-electron chi connectivity index (χ1n) is 8.30. The van der Waals surface area contributed by atoms with Crippen molar-refractivity contribution in [3.63, 3.8) is 0 Å². The molecular formula is C17H28Cl2O2SiZr. The average molecular weight is 455 g/mol. The van der Waals surface area contributed by atoms with Crippen LogP contribution in [0.4, 0.5) is 0 Å². The van der Waals surface area contributed by atoms with E-state index in [2.05, 4.69) is 37.3 Å². The minimum atomic E-state index is -3.12. The standard InChI is InChI=1S/C6H16O2Si.C6H7.C5H5.2ClH.Zr/c1-3-5-9(7,8)6-4-2;1-6-4-2-3-5-6;1-2-4-5-3-1;;;/h7-8H,3-6H2,1-2H3;2,4H,3H2,1H3;1-3H,4H2;2*1H;/q;;;;;+2/p-2. The summed E-state index contributed by atoms with van der Waals surface area (Å²) >= 11 is -3.12. The Kier molecular flexibility index (Phi) is 9.29. The van der Waals surface area contributed by atoms with E-state index in [4.69, 9.17) is 17.0 Å². The Morgan fingerprint density at radius 3 is 2.09 bits per heavy atom. The average Bonchev–Trinajstić information content (AvgIpc) is 3.10. The van der Waals surface area contributed by atoms with Crippen LogP contribution in [0.1, 0.15) is 46.5 Å². The summed E-state index contributed by atoms with van der Waals surface area (Å²) in [4.78, 5) is 18.4. The molecule has 0 aromatic heterocycles. The molecular weight excluding hydrogens is 426 g/mol. The first-order valence-corrected chi connectivity index (χ1v) is 19.4. The maximum absolute atomic E-state index is 9.21. The summed E-state index contributed by atoms with van der Waals surface area (Å²) in [5, 5.41) is 0. The second-order valence-corrected chi connectivity index (χ2v) is 22.9. The van der Waals surface area contributed by atoms with Crippen molar-refractivity contribution in [3.8, 4) is 0 Å². The van der Waals surface area contributed by atoms with Gasteiger partial charge in [-0.2, -0.15) is 0 Å². The molecule has 0 spiro atoms. The maximum Gasteiger partial charge on any atom is 0.332 e. The van der Waals surface area contributed by atoms with Crippen molar-refractivity contribution in [2.75, 3.05) is 0 Å². The second kappa shape index (κ2) is 9.89. The van der Waals surface area contributed by atoms with E-state index in [1.54, 1.807) is 0 Å². The third-order valence-electron chi connectivity index (χ3n) is 4.02. The van der Waals surface area contributed by atoms with Gasteiger partial charge in [-0.1, -0.05) is 26.7 Å². The van der Waals surface area contributed by atoms with E-state index in [9.17, 15) is 9.59 Å². The molecule has 0 saturated carbocycles. The van der Waals surface area contributed by atoms with Gasteiger partial charge in [-0.05, 0) is 12.1 Å². The molecule has 0 amide bonds. The van der Waals surface area contributed by atoms with E-state index in [1.165, 1.54) is 12.1 Å². The van der Waals surface area contributed by atoms with Crippen LogP contribution in [0, 0.1) is 0 Å². The van der Waals surface area contributed by atoms with Crippen LogP contribution in [0.25, 0.3) is 0 Å². The normalized spacial score (nSPS) is 17.4. The largest absolute Gasteiger partial charge is 0.411 e. The maximum atomic E-state index is 9.21. The van der Waals surface area contributed by atoms with Crippen LogP contribution < -0.4 is 0 Å². The predicted molar refractivity (Wildman–Crippen MR) is 100 cm³/mol. The van der Waals surface area contributed by atoms with Crippen LogP contribution in [0.15, 0.2) is 42.5 Å². The topological polar surface area (TPSA) is 40.5 Å². The van der Waals surface area contributed by atoms with E-state index < -0.39 is 26.4 Å². The van der Waals surface area contributed by atoms with Crippen LogP contribution in [0.3, 0.4) is 0 Å². The minimum absolute atomic E-state index is 0.626. The molecule has 2 aliphatic rings. The number of hydrogen-bond donors (Lipinski definition) is 2. The summed E-state index contributed by atoms with van der Waals surface area (Å²) in [6.07, 6.45) is 14.3. The summed E-state index contributed by atoms with van der Waals surface area (Å²) in [5.74, 6) is 0. The van der Waals surface area contributed by atoms with Crippen molar-refractivity contribution in [1.29, 1.82) is 0 Å². The molecule has 0 radical (unpaired) electrons. The fourth-order valence-electron chi connectivity index (χ4n) is 2.79. The Hall–Kier alpha value is 0.560.